The minimum atomic E-state index is -2.99. The molecule has 146 valence electrons. The molecule has 1 aromatic heterocycles. The number of hydrogen-bond acceptors (Lipinski definition) is 4. The van der Waals surface area contributed by atoms with Gasteiger partial charge in [-0.25, -0.2) is 13.4 Å². The van der Waals surface area contributed by atoms with E-state index in [1.807, 2.05) is 14.0 Å². The Balaban J connectivity index is 0.00000576. The molecular formula is C14H25Cl2IN4O3S. The first-order valence-corrected chi connectivity index (χ1v) is 10.3. The third-order valence-corrected chi connectivity index (χ3v) is 4.85. The number of ether oxygens (including phenoxy) is 1. The van der Waals surface area contributed by atoms with E-state index in [-0.39, 0.29) is 36.3 Å². The van der Waals surface area contributed by atoms with E-state index in [9.17, 15) is 8.42 Å². The number of hydrogen-bond donors (Lipinski definition) is 2. The zero-order valence-electron chi connectivity index (χ0n) is 14.5. The van der Waals surface area contributed by atoms with Crippen LogP contribution in [0, 0.1) is 0 Å². The highest BCUT2D eigenvalue weighted by molar-refractivity contribution is 14.0. The molecule has 1 aromatic rings. The molecule has 0 fully saturated rings. The number of rotatable bonds is 9. The lowest BCUT2D eigenvalue weighted by Gasteiger charge is -2.11. The van der Waals surface area contributed by atoms with E-state index in [0.29, 0.717) is 35.8 Å². The van der Waals surface area contributed by atoms with Crippen molar-refractivity contribution in [1.29, 1.82) is 0 Å². The van der Waals surface area contributed by atoms with Crippen LogP contribution in [0.4, 0.5) is 0 Å². The van der Waals surface area contributed by atoms with Crippen molar-refractivity contribution in [2.24, 2.45) is 12.0 Å². The summed E-state index contributed by atoms with van der Waals surface area (Å²) in [7, 11) is -1.16. The number of sulfone groups is 1. The van der Waals surface area contributed by atoms with E-state index in [1.165, 1.54) is 6.26 Å². The Morgan fingerprint density at radius 3 is 2.52 bits per heavy atom. The molecule has 0 atom stereocenters. The highest BCUT2D eigenvalue weighted by atomic mass is 127. The second-order valence-corrected chi connectivity index (χ2v) is 8.22. The summed E-state index contributed by atoms with van der Waals surface area (Å²) in [4.78, 5) is 4.46. The van der Waals surface area contributed by atoms with Crippen molar-refractivity contribution in [2.75, 3.05) is 38.3 Å². The van der Waals surface area contributed by atoms with Crippen molar-refractivity contribution in [3.05, 3.63) is 21.9 Å². The number of guanidine groups is 1. The van der Waals surface area contributed by atoms with Crippen LogP contribution in [0.1, 0.15) is 12.6 Å². The summed E-state index contributed by atoms with van der Waals surface area (Å²) in [5.74, 6) is 0.661. The van der Waals surface area contributed by atoms with Crippen molar-refractivity contribution in [1.82, 2.24) is 15.2 Å². The topological polar surface area (TPSA) is 84.7 Å². The lowest BCUT2D eigenvalue weighted by molar-refractivity contribution is 0.154. The first-order chi connectivity index (χ1) is 11.2. The van der Waals surface area contributed by atoms with E-state index in [2.05, 4.69) is 15.6 Å². The van der Waals surface area contributed by atoms with Crippen LogP contribution < -0.4 is 10.6 Å². The normalized spacial score (nSPS) is 12.0. The van der Waals surface area contributed by atoms with Gasteiger partial charge in [-0.1, -0.05) is 23.2 Å². The fraction of sp³-hybridized carbons (Fsp3) is 0.643. The molecule has 1 rings (SSSR count). The van der Waals surface area contributed by atoms with Crippen molar-refractivity contribution in [3.63, 3.8) is 0 Å². The molecule has 0 amide bonds. The summed E-state index contributed by atoms with van der Waals surface area (Å²) in [6.07, 6.45) is 1.19. The summed E-state index contributed by atoms with van der Waals surface area (Å²) in [5.41, 5.74) is 0.895. The molecule has 0 radical (unpaired) electrons. The molecule has 0 aromatic carbocycles. The second-order valence-electron chi connectivity index (χ2n) is 5.20. The van der Waals surface area contributed by atoms with Crippen molar-refractivity contribution in [3.8, 4) is 0 Å². The van der Waals surface area contributed by atoms with E-state index in [0.717, 1.165) is 12.2 Å². The zero-order chi connectivity index (χ0) is 18.2. The summed E-state index contributed by atoms with van der Waals surface area (Å²) >= 11 is 12.0. The number of nitrogens with one attached hydrogen (secondary N) is 2. The maximum atomic E-state index is 11.0. The maximum Gasteiger partial charge on any atom is 0.191 e. The molecule has 0 aliphatic heterocycles. The average Bonchev–Trinajstić information content (AvgIpc) is 2.74. The molecule has 0 saturated heterocycles. The Kier molecular flexibility index (Phi) is 12.1. The van der Waals surface area contributed by atoms with E-state index < -0.39 is 9.84 Å². The smallest absolute Gasteiger partial charge is 0.191 e. The second kappa shape index (κ2) is 12.2. The van der Waals surface area contributed by atoms with Gasteiger partial charge in [0.05, 0.1) is 30.5 Å². The summed E-state index contributed by atoms with van der Waals surface area (Å²) in [5, 5.41) is 7.23. The quantitative estimate of drug-likeness (QED) is 0.223. The highest BCUT2D eigenvalue weighted by Crippen LogP contribution is 2.25. The third-order valence-electron chi connectivity index (χ3n) is 3.10. The van der Waals surface area contributed by atoms with Gasteiger partial charge in [-0.15, -0.1) is 24.0 Å². The van der Waals surface area contributed by atoms with Gasteiger partial charge in [-0.2, -0.15) is 0 Å². The molecule has 0 bridgehead atoms. The molecule has 7 nitrogen and oxygen atoms in total. The largest absolute Gasteiger partial charge is 0.379 e. The van der Waals surface area contributed by atoms with Crippen LogP contribution >= 0.6 is 47.2 Å². The first-order valence-electron chi connectivity index (χ1n) is 7.51. The molecule has 25 heavy (non-hydrogen) atoms. The molecule has 1 heterocycles. The molecule has 0 aliphatic carbocycles. The SMILES string of the molecule is CCNC(=NCc1cc(Cl)c(Cl)n1C)NCCOCCS(C)(=O)=O.I. The predicted octanol–water partition coefficient (Wildman–Crippen LogP) is 2.07. The lowest BCUT2D eigenvalue weighted by Crippen LogP contribution is -2.39. The maximum absolute atomic E-state index is 11.0. The number of aromatic nitrogens is 1. The van der Waals surface area contributed by atoms with Gasteiger partial charge in [-0.3, -0.25) is 0 Å². The summed E-state index contributed by atoms with van der Waals surface area (Å²) in [6.45, 7) is 4.21. The molecule has 0 aliphatic rings. The Morgan fingerprint density at radius 1 is 1.32 bits per heavy atom. The number of nitrogens with zero attached hydrogens (tertiary/aromatic N) is 2. The van der Waals surface area contributed by atoms with Gasteiger partial charge in [0.15, 0.2) is 5.96 Å². The van der Waals surface area contributed by atoms with Crippen LogP contribution in [0.15, 0.2) is 11.1 Å². The fourth-order valence-corrected chi connectivity index (χ4v) is 2.63. The standard InChI is InChI=1S/C14H24Cl2N4O3S.HI/c1-4-17-14(18-5-6-23-7-8-24(3,21)22)19-10-11-9-12(15)13(16)20(11)2;/h9H,4-8,10H2,1-3H3,(H2,17,18,19);1H. The minimum absolute atomic E-state index is 0. The van der Waals surface area contributed by atoms with Gasteiger partial charge < -0.3 is 19.9 Å². The van der Waals surface area contributed by atoms with Crippen molar-refractivity contribution >= 4 is 63.0 Å². The van der Waals surface area contributed by atoms with Gasteiger partial charge in [-0.05, 0) is 13.0 Å². The first kappa shape index (κ1) is 24.8. The van der Waals surface area contributed by atoms with Crippen molar-refractivity contribution in [2.45, 2.75) is 13.5 Å². The summed E-state index contributed by atoms with van der Waals surface area (Å²) in [6, 6.07) is 1.78. The van der Waals surface area contributed by atoms with Crippen molar-refractivity contribution < 1.29 is 13.2 Å². The van der Waals surface area contributed by atoms with Crippen LogP contribution in [-0.2, 0) is 28.2 Å². The molecule has 0 unspecified atom stereocenters. The molecule has 2 N–H and O–H groups in total. The monoisotopic (exact) mass is 526 g/mol. The lowest BCUT2D eigenvalue weighted by atomic mass is 10.4. The number of halogens is 3. The van der Waals surface area contributed by atoms with Gasteiger partial charge >= 0.3 is 0 Å². The molecular weight excluding hydrogens is 502 g/mol. The Morgan fingerprint density at radius 2 is 2.00 bits per heavy atom. The van der Waals surface area contributed by atoms with E-state index in [1.54, 1.807) is 10.6 Å². The van der Waals surface area contributed by atoms with Crippen LogP contribution in [0.5, 0.6) is 0 Å². The Hall–Kier alpha value is -0.230. The summed E-state index contributed by atoms with van der Waals surface area (Å²) < 4.78 is 29.0. The highest BCUT2D eigenvalue weighted by Gasteiger charge is 2.08. The third kappa shape index (κ3) is 9.88. The minimum Gasteiger partial charge on any atom is -0.379 e. The molecule has 0 saturated carbocycles. The van der Waals surface area contributed by atoms with Gasteiger partial charge in [0, 0.05) is 32.1 Å². The van der Waals surface area contributed by atoms with Gasteiger partial charge in [0.1, 0.15) is 15.0 Å². The predicted molar refractivity (Wildman–Crippen MR) is 114 cm³/mol. The van der Waals surface area contributed by atoms with Crippen LogP contribution in [0.25, 0.3) is 0 Å². The molecule has 0 spiro atoms. The van der Waals surface area contributed by atoms with Gasteiger partial charge in [0.2, 0.25) is 0 Å². The van der Waals surface area contributed by atoms with E-state index in [4.69, 9.17) is 27.9 Å². The zero-order valence-corrected chi connectivity index (χ0v) is 19.2. The van der Waals surface area contributed by atoms with Gasteiger partial charge in [0.25, 0.3) is 0 Å². The fourth-order valence-electron chi connectivity index (χ4n) is 1.80. The average molecular weight is 527 g/mol. The molecule has 11 heteroatoms. The van der Waals surface area contributed by atoms with Crippen LogP contribution in [-0.4, -0.2) is 57.3 Å². The van der Waals surface area contributed by atoms with E-state index >= 15 is 0 Å². The van der Waals surface area contributed by atoms with Crippen LogP contribution in [0.3, 0.4) is 0 Å². The number of aliphatic imine (C=N–C) groups is 1. The van der Waals surface area contributed by atoms with Crippen LogP contribution in [0.2, 0.25) is 10.2 Å². The Bertz CT molecular complexity index is 665. The Labute approximate surface area is 176 Å².